The van der Waals surface area contributed by atoms with E-state index in [-0.39, 0.29) is 29.9 Å². The third-order valence-electron chi connectivity index (χ3n) is 6.54. The minimum absolute atomic E-state index is 0.0124. The van der Waals surface area contributed by atoms with Crippen molar-refractivity contribution in [2.24, 2.45) is 5.92 Å². The highest BCUT2D eigenvalue weighted by molar-refractivity contribution is 6.35. The number of amides is 1. The fourth-order valence-electron chi connectivity index (χ4n) is 5.02. The van der Waals surface area contributed by atoms with Gasteiger partial charge in [0.1, 0.15) is 12.5 Å². The lowest BCUT2D eigenvalue weighted by Crippen LogP contribution is -2.27. The van der Waals surface area contributed by atoms with E-state index in [2.05, 4.69) is 5.32 Å². The third kappa shape index (κ3) is 4.58. The van der Waals surface area contributed by atoms with Gasteiger partial charge in [-0.1, -0.05) is 49.1 Å². The van der Waals surface area contributed by atoms with E-state index in [4.69, 9.17) is 11.6 Å². The Kier molecular flexibility index (Phi) is 6.83. The Bertz CT molecular complexity index is 1060. The number of aliphatic hydroxyl groups is 1. The highest BCUT2D eigenvalue weighted by Crippen LogP contribution is 2.43. The predicted octanol–water partition coefficient (Wildman–Crippen LogP) is 5.43. The number of phenolic OH excluding ortho intramolecular Hbond substituents is 1. The zero-order valence-electron chi connectivity index (χ0n) is 17.6. The molecule has 1 atom stereocenters. The number of benzene rings is 2. The number of para-hydroxylation sites is 1. The van der Waals surface area contributed by atoms with Crippen molar-refractivity contribution in [3.8, 4) is 5.75 Å². The molecule has 0 radical (unpaired) electrons. The van der Waals surface area contributed by atoms with Crippen molar-refractivity contribution in [1.29, 1.82) is 0 Å². The van der Waals surface area contributed by atoms with Gasteiger partial charge in [-0.05, 0) is 60.9 Å². The van der Waals surface area contributed by atoms with Crippen molar-refractivity contribution in [3.05, 3.63) is 64.8 Å². The topological polar surface area (TPSA) is 74.5 Å². The first kappa shape index (κ1) is 21.7. The van der Waals surface area contributed by atoms with Crippen LogP contribution in [0.4, 0.5) is 0 Å². The van der Waals surface area contributed by atoms with Gasteiger partial charge in [0.2, 0.25) is 0 Å². The van der Waals surface area contributed by atoms with E-state index in [1.54, 1.807) is 18.2 Å². The highest BCUT2D eigenvalue weighted by Gasteiger charge is 2.28. The number of fused-ring (bicyclic) bond motifs is 1. The van der Waals surface area contributed by atoms with Crippen LogP contribution in [0.25, 0.3) is 10.9 Å². The molecule has 1 aliphatic rings. The van der Waals surface area contributed by atoms with Crippen LogP contribution in [0.1, 0.15) is 60.4 Å². The van der Waals surface area contributed by atoms with E-state index in [0.717, 1.165) is 35.7 Å². The fraction of sp³-hybridized carbons (Fsp3) is 0.400. The first-order valence-electron chi connectivity index (χ1n) is 11.0. The molecule has 0 aliphatic heterocycles. The van der Waals surface area contributed by atoms with E-state index in [9.17, 15) is 15.0 Å². The monoisotopic (exact) mass is 440 g/mol. The molecule has 1 saturated carbocycles. The summed E-state index contributed by atoms with van der Waals surface area (Å²) in [4.78, 5) is 12.5. The number of aliphatic hydroxyl groups excluding tert-OH is 1. The van der Waals surface area contributed by atoms with Crippen molar-refractivity contribution < 1.29 is 15.0 Å². The molecule has 3 N–H and O–H groups in total. The minimum atomic E-state index is -0.267. The number of rotatable bonds is 7. The number of nitrogens with one attached hydrogen (secondary N) is 1. The summed E-state index contributed by atoms with van der Waals surface area (Å²) in [5, 5.41) is 24.5. The lowest BCUT2D eigenvalue weighted by atomic mass is 9.75. The molecule has 1 unspecified atom stereocenters. The molecule has 1 aromatic heterocycles. The van der Waals surface area contributed by atoms with Gasteiger partial charge in [0.15, 0.2) is 0 Å². The SMILES string of the molecule is O=C(NCCC(c1cn(CO)c2cccc(Cl)c12)C1CCCCC1)c1ccccc1O. The van der Waals surface area contributed by atoms with E-state index in [1.807, 2.05) is 29.0 Å². The van der Waals surface area contributed by atoms with Crippen molar-refractivity contribution >= 4 is 28.4 Å². The van der Waals surface area contributed by atoms with Gasteiger partial charge in [0.25, 0.3) is 5.91 Å². The number of hydrogen-bond donors (Lipinski definition) is 3. The second-order valence-electron chi connectivity index (χ2n) is 8.40. The van der Waals surface area contributed by atoms with Crippen LogP contribution >= 0.6 is 11.6 Å². The number of aromatic hydroxyl groups is 1. The van der Waals surface area contributed by atoms with Crippen LogP contribution in [0.2, 0.25) is 5.02 Å². The summed E-state index contributed by atoms with van der Waals surface area (Å²) in [5.41, 5.74) is 2.37. The van der Waals surface area contributed by atoms with Gasteiger partial charge in [0.05, 0.1) is 16.1 Å². The van der Waals surface area contributed by atoms with Gasteiger partial charge in [0, 0.05) is 18.1 Å². The van der Waals surface area contributed by atoms with Crippen LogP contribution < -0.4 is 5.32 Å². The summed E-state index contributed by atoms with van der Waals surface area (Å²) in [7, 11) is 0. The number of halogens is 1. The first-order valence-corrected chi connectivity index (χ1v) is 11.4. The molecular weight excluding hydrogens is 412 g/mol. The van der Waals surface area contributed by atoms with E-state index < -0.39 is 0 Å². The fourth-order valence-corrected chi connectivity index (χ4v) is 5.30. The molecule has 1 aliphatic carbocycles. The molecule has 1 heterocycles. The van der Waals surface area contributed by atoms with Gasteiger partial charge in [-0.2, -0.15) is 0 Å². The molecule has 1 amide bonds. The molecule has 31 heavy (non-hydrogen) atoms. The number of carbonyl (C=O) groups is 1. The summed E-state index contributed by atoms with van der Waals surface area (Å²) >= 11 is 6.60. The van der Waals surface area contributed by atoms with Crippen LogP contribution in [-0.4, -0.2) is 27.2 Å². The zero-order chi connectivity index (χ0) is 21.8. The van der Waals surface area contributed by atoms with Crippen LogP contribution in [0.15, 0.2) is 48.7 Å². The molecule has 5 nitrogen and oxygen atoms in total. The minimum Gasteiger partial charge on any atom is -0.507 e. The summed E-state index contributed by atoms with van der Waals surface area (Å²) in [6.45, 7) is 0.406. The Balaban J connectivity index is 1.59. The maximum absolute atomic E-state index is 12.5. The van der Waals surface area contributed by atoms with E-state index in [1.165, 1.54) is 25.3 Å². The molecule has 164 valence electrons. The van der Waals surface area contributed by atoms with Crippen LogP contribution in [0.3, 0.4) is 0 Å². The summed E-state index contributed by atoms with van der Waals surface area (Å²) in [6.07, 6.45) is 8.84. The van der Waals surface area contributed by atoms with Gasteiger partial charge >= 0.3 is 0 Å². The zero-order valence-corrected chi connectivity index (χ0v) is 18.3. The maximum Gasteiger partial charge on any atom is 0.255 e. The van der Waals surface area contributed by atoms with Crippen molar-refractivity contribution in [2.45, 2.75) is 51.2 Å². The van der Waals surface area contributed by atoms with Crippen molar-refractivity contribution in [1.82, 2.24) is 9.88 Å². The molecule has 1 fully saturated rings. The molecule has 4 rings (SSSR count). The number of carbonyl (C=O) groups excluding carboxylic acids is 1. The van der Waals surface area contributed by atoms with Crippen LogP contribution in [-0.2, 0) is 6.73 Å². The number of hydrogen-bond acceptors (Lipinski definition) is 3. The Hall–Kier alpha value is -2.50. The molecular formula is C25H29ClN2O3. The van der Waals surface area contributed by atoms with Gasteiger partial charge in [-0.3, -0.25) is 4.79 Å². The quantitative estimate of drug-likeness (QED) is 0.458. The van der Waals surface area contributed by atoms with E-state index in [0.29, 0.717) is 17.5 Å². The largest absolute Gasteiger partial charge is 0.507 e. The standard InChI is InChI=1S/C25H29ClN2O3/c26-21-10-6-11-22-24(21)20(15-28(22)16-29)18(17-7-2-1-3-8-17)13-14-27-25(31)19-9-4-5-12-23(19)30/h4-6,9-12,15,17-18,29-30H,1-3,7-8,13-14,16H2,(H,27,31). The Morgan fingerprint density at radius 3 is 2.65 bits per heavy atom. The average molecular weight is 441 g/mol. The normalized spacial score (nSPS) is 15.8. The third-order valence-corrected chi connectivity index (χ3v) is 6.86. The number of nitrogens with zero attached hydrogens (tertiary/aromatic N) is 1. The van der Waals surface area contributed by atoms with Crippen LogP contribution in [0.5, 0.6) is 5.75 Å². The Morgan fingerprint density at radius 2 is 1.90 bits per heavy atom. The summed E-state index contributed by atoms with van der Waals surface area (Å²) < 4.78 is 1.84. The van der Waals surface area contributed by atoms with Crippen LogP contribution in [0, 0.1) is 5.92 Å². The van der Waals surface area contributed by atoms with E-state index >= 15 is 0 Å². The highest BCUT2D eigenvalue weighted by atomic mass is 35.5. The first-order chi connectivity index (χ1) is 15.1. The second-order valence-corrected chi connectivity index (χ2v) is 8.80. The predicted molar refractivity (Wildman–Crippen MR) is 124 cm³/mol. The molecule has 6 heteroatoms. The van der Waals surface area contributed by atoms with Gasteiger partial charge in [-0.25, -0.2) is 0 Å². The lowest BCUT2D eigenvalue weighted by molar-refractivity contribution is 0.0948. The van der Waals surface area contributed by atoms with Gasteiger partial charge < -0.3 is 20.1 Å². The second kappa shape index (κ2) is 9.75. The smallest absolute Gasteiger partial charge is 0.255 e. The average Bonchev–Trinajstić information content (AvgIpc) is 3.17. The molecule has 0 bridgehead atoms. The Morgan fingerprint density at radius 1 is 1.13 bits per heavy atom. The summed E-state index contributed by atoms with van der Waals surface area (Å²) in [6, 6.07) is 12.4. The number of phenols is 1. The van der Waals surface area contributed by atoms with Gasteiger partial charge in [-0.15, -0.1) is 0 Å². The van der Waals surface area contributed by atoms with Crippen molar-refractivity contribution in [3.63, 3.8) is 0 Å². The number of aromatic nitrogens is 1. The molecule has 3 aromatic rings. The summed E-state index contributed by atoms with van der Waals surface area (Å²) in [5.74, 6) is 0.475. The maximum atomic E-state index is 12.5. The lowest BCUT2D eigenvalue weighted by Gasteiger charge is -2.30. The molecule has 0 saturated heterocycles. The molecule has 2 aromatic carbocycles. The molecule has 0 spiro atoms. The van der Waals surface area contributed by atoms with Crippen molar-refractivity contribution in [2.75, 3.05) is 6.54 Å². The Labute approximate surface area is 187 Å².